The molecule has 0 aromatic heterocycles. The van der Waals surface area contributed by atoms with Gasteiger partial charge in [-0.25, -0.2) is 0 Å². The molecule has 1 saturated heterocycles. The molecular formula is C27H25N3O3. The summed E-state index contributed by atoms with van der Waals surface area (Å²) >= 11 is 0. The molecule has 0 saturated carbocycles. The highest BCUT2D eigenvalue weighted by molar-refractivity contribution is 6.35. The van der Waals surface area contributed by atoms with Crippen LogP contribution in [-0.2, 0) is 9.59 Å². The summed E-state index contributed by atoms with van der Waals surface area (Å²) in [5, 5.41) is 3.00. The van der Waals surface area contributed by atoms with Gasteiger partial charge in [0.2, 0.25) is 6.41 Å². The summed E-state index contributed by atoms with van der Waals surface area (Å²) in [5.41, 5.74) is 6.54. The highest BCUT2D eigenvalue weighted by atomic mass is 16.5. The van der Waals surface area contributed by atoms with Crippen LogP contribution in [0.4, 0.5) is 11.4 Å². The monoisotopic (exact) mass is 439 g/mol. The quantitative estimate of drug-likeness (QED) is 0.480. The lowest BCUT2D eigenvalue weighted by Gasteiger charge is -2.34. The minimum Gasteiger partial charge on any atom is -0.497 e. The maximum absolute atomic E-state index is 12.7. The number of nitrogens with zero attached hydrogens (tertiary/aromatic N) is 2. The average molecular weight is 440 g/mol. The van der Waals surface area contributed by atoms with Crippen molar-refractivity contribution in [1.29, 1.82) is 0 Å². The second kappa shape index (κ2) is 8.82. The molecule has 2 heterocycles. The first-order valence-corrected chi connectivity index (χ1v) is 11.0. The lowest BCUT2D eigenvalue weighted by Crippen LogP contribution is -2.45. The Labute approximate surface area is 193 Å². The smallest absolute Gasteiger partial charge is 0.256 e. The fourth-order valence-corrected chi connectivity index (χ4v) is 4.35. The maximum Gasteiger partial charge on any atom is 0.256 e. The highest BCUT2D eigenvalue weighted by Gasteiger charge is 2.24. The maximum atomic E-state index is 12.7. The predicted molar refractivity (Wildman–Crippen MR) is 131 cm³/mol. The molecule has 2 amide bonds. The number of amides is 2. The summed E-state index contributed by atoms with van der Waals surface area (Å²) in [4.78, 5) is 27.7. The molecule has 1 N–H and O–H groups in total. The van der Waals surface area contributed by atoms with Crippen molar-refractivity contribution in [2.75, 3.05) is 43.5 Å². The summed E-state index contributed by atoms with van der Waals surface area (Å²) in [6, 6.07) is 22.1. The Kier molecular flexibility index (Phi) is 5.57. The molecule has 33 heavy (non-hydrogen) atoms. The van der Waals surface area contributed by atoms with E-state index in [1.165, 1.54) is 0 Å². The largest absolute Gasteiger partial charge is 0.497 e. The third-order valence-corrected chi connectivity index (χ3v) is 6.24. The molecule has 0 radical (unpaired) electrons. The highest BCUT2D eigenvalue weighted by Crippen LogP contribution is 2.37. The van der Waals surface area contributed by atoms with E-state index in [0.717, 1.165) is 72.0 Å². The number of carbonyl (C=O) groups excluding carboxylic acids is 2. The number of rotatable bonds is 5. The third-order valence-electron chi connectivity index (χ3n) is 6.24. The Hall–Kier alpha value is -4.06. The van der Waals surface area contributed by atoms with Crippen LogP contribution in [0.5, 0.6) is 5.75 Å². The fourth-order valence-electron chi connectivity index (χ4n) is 4.35. The number of fused-ring (bicyclic) bond motifs is 1. The third kappa shape index (κ3) is 4.20. The van der Waals surface area contributed by atoms with Gasteiger partial charge in [-0.2, -0.15) is 0 Å². The summed E-state index contributed by atoms with van der Waals surface area (Å²) < 4.78 is 5.33. The van der Waals surface area contributed by atoms with E-state index in [1.807, 2.05) is 60.7 Å². The van der Waals surface area contributed by atoms with E-state index in [0.29, 0.717) is 5.57 Å². The van der Waals surface area contributed by atoms with Gasteiger partial charge in [0, 0.05) is 48.7 Å². The van der Waals surface area contributed by atoms with E-state index in [4.69, 9.17) is 4.74 Å². The number of piperazine rings is 1. The molecule has 2 aliphatic heterocycles. The van der Waals surface area contributed by atoms with Crippen molar-refractivity contribution in [3.8, 4) is 16.9 Å². The van der Waals surface area contributed by atoms with Crippen molar-refractivity contribution < 1.29 is 14.3 Å². The molecular weight excluding hydrogens is 414 g/mol. The summed E-state index contributed by atoms with van der Waals surface area (Å²) in [6.07, 6.45) is 2.84. The zero-order valence-electron chi connectivity index (χ0n) is 18.5. The van der Waals surface area contributed by atoms with Gasteiger partial charge in [-0.3, -0.25) is 9.59 Å². The first kappa shape index (κ1) is 20.8. The average Bonchev–Trinajstić information content (AvgIpc) is 3.18. The van der Waals surface area contributed by atoms with E-state index >= 15 is 0 Å². The van der Waals surface area contributed by atoms with E-state index in [2.05, 4.69) is 22.3 Å². The van der Waals surface area contributed by atoms with Crippen LogP contribution < -0.4 is 15.0 Å². The number of hydrogen-bond acceptors (Lipinski definition) is 4. The Balaban J connectivity index is 1.37. The van der Waals surface area contributed by atoms with Gasteiger partial charge in [0.15, 0.2) is 0 Å². The van der Waals surface area contributed by atoms with Crippen LogP contribution >= 0.6 is 0 Å². The second-order valence-electron chi connectivity index (χ2n) is 8.22. The van der Waals surface area contributed by atoms with Crippen molar-refractivity contribution in [3.63, 3.8) is 0 Å². The summed E-state index contributed by atoms with van der Waals surface area (Å²) in [5.74, 6) is 0.702. The lowest BCUT2D eigenvalue weighted by atomic mass is 9.99. The first-order chi connectivity index (χ1) is 16.1. The summed E-state index contributed by atoms with van der Waals surface area (Å²) in [7, 11) is 1.65. The number of methoxy groups -OCH3 is 1. The Morgan fingerprint density at radius 2 is 1.67 bits per heavy atom. The number of carbonyl (C=O) groups is 2. The molecule has 0 bridgehead atoms. The zero-order valence-corrected chi connectivity index (χ0v) is 18.5. The van der Waals surface area contributed by atoms with E-state index < -0.39 is 0 Å². The van der Waals surface area contributed by atoms with Crippen molar-refractivity contribution >= 4 is 35.3 Å². The van der Waals surface area contributed by atoms with Gasteiger partial charge in [-0.1, -0.05) is 36.4 Å². The molecule has 0 spiro atoms. The molecule has 0 aliphatic carbocycles. The van der Waals surface area contributed by atoms with Gasteiger partial charge < -0.3 is 19.9 Å². The van der Waals surface area contributed by atoms with E-state index in [9.17, 15) is 9.59 Å². The standard InChI is InChI=1S/C27H25N3O3/c1-33-23-4-2-3-20(16-23)21-7-10-24-25(27(32)28-26(24)17-21)15-19-5-8-22(9-6-19)30-13-11-29(18-31)12-14-30/h2-10,15-18H,11-14H2,1H3,(H,28,32). The van der Waals surface area contributed by atoms with Crippen LogP contribution in [0.25, 0.3) is 22.8 Å². The Morgan fingerprint density at radius 3 is 2.39 bits per heavy atom. The van der Waals surface area contributed by atoms with Crippen LogP contribution in [0.1, 0.15) is 11.1 Å². The number of benzene rings is 3. The van der Waals surface area contributed by atoms with Gasteiger partial charge >= 0.3 is 0 Å². The number of nitrogens with one attached hydrogen (secondary N) is 1. The fraction of sp³-hybridized carbons (Fsp3) is 0.185. The van der Waals surface area contributed by atoms with E-state index in [-0.39, 0.29) is 5.91 Å². The Bertz CT molecular complexity index is 1230. The topological polar surface area (TPSA) is 61.9 Å². The Morgan fingerprint density at radius 1 is 0.909 bits per heavy atom. The van der Waals surface area contributed by atoms with Crippen molar-refractivity contribution in [2.24, 2.45) is 0 Å². The van der Waals surface area contributed by atoms with Gasteiger partial charge in [-0.05, 0) is 53.1 Å². The van der Waals surface area contributed by atoms with Crippen LogP contribution in [0.15, 0.2) is 66.7 Å². The van der Waals surface area contributed by atoms with Gasteiger partial charge in [0.25, 0.3) is 5.91 Å². The van der Waals surface area contributed by atoms with Gasteiger partial charge in [-0.15, -0.1) is 0 Å². The number of hydrogen-bond donors (Lipinski definition) is 1. The SMILES string of the molecule is COc1cccc(-c2ccc3c(c2)NC(=O)C3=Cc2ccc(N3CCN(C=O)CC3)cc2)c1. The minimum atomic E-state index is -0.0955. The van der Waals surface area contributed by atoms with Crippen molar-refractivity contribution in [2.45, 2.75) is 0 Å². The summed E-state index contributed by atoms with van der Waals surface area (Å²) in [6.45, 7) is 3.13. The molecule has 6 heteroatoms. The number of ether oxygens (including phenoxy) is 1. The van der Waals surface area contributed by atoms with Gasteiger partial charge in [0.05, 0.1) is 7.11 Å². The lowest BCUT2D eigenvalue weighted by molar-refractivity contribution is -0.118. The number of anilines is 2. The zero-order chi connectivity index (χ0) is 22.8. The van der Waals surface area contributed by atoms with Crippen molar-refractivity contribution in [3.05, 3.63) is 77.9 Å². The molecule has 3 aromatic carbocycles. The second-order valence-corrected chi connectivity index (χ2v) is 8.22. The van der Waals surface area contributed by atoms with Crippen LogP contribution in [0.3, 0.4) is 0 Å². The predicted octanol–water partition coefficient (Wildman–Crippen LogP) is 4.13. The van der Waals surface area contributed by atoms with Crippen molar-refractivity contribution in [1.82, 2.24) is 4.90 Å². The molecule has 0 unspecified atom stereocenters. The van der Waals surface area contributed by atoms with Crippen LogP contribution in [0.2, 0.25) is 0 Å². The first-order valence-electron chi connectivity index (χ1n) is 11.0. The molecule has 2 aliphatic rings. The molecule has 1 fully saturated rings. The molecule has 0 atom stereocenters. The normalized spacial score (nSPS) is 16.5. The molecule has 166 valence electrons. The molecule has 3 aromatic rings. The minimum absolute atomic E-state index is 0.0955. The molecule has 6 nitrogen and oxygen atoms in total. The van der Waals surface area contributed by atoms with Crippen LogP contribution in [0, 0.1) is 0 Å². The van der Waals surface area contributed by atoms with Crippen LogP contribution in [-0.4, -0.2) is 50.5 Å². The van der Waals surface area contributed by atoms with Gasteiger partial charge in [0.1, 0.15) is 5.75 Å². The molecule has 5 rings (SSSR count). The van der Waals surface area contributed by atoms with E-state index in [1.54, 1.807) is 12.0 Å².